The number of fused-ring (bicyclic) bond motifs is 1. The van der Waals surface area contributed by atoms with E-state index in [0.717, 1.165) is 35.1 Å². The van der Waals surface area contributed by atoms with Crippen LogP contribution in [0.5, 0.6) is 0 Å². The normalized spacial score (nSPS) is 14.2. The van der Waals surface area contributed by atoms with Crippen LogP contribution >= 0.6 is 0 Å². The zero-order valence-electron chi connectivity index (χ0n) is 23.0. The third kappa shape index (κ3) is 5.43. The Bertz CT molecular complexity index is 1520. The van der Waals surface area contributed by atoms with Crippen LogP contribution in [0.15, 0.2) is 66.9 Å². The number of anilines is 2. The van der Waals surface area contributed by atoms with Gasteiger partial charge in [-0.2, -0.15) is 0 Å². The number of nitrogens with one attached hydrogen (secondary N) is 2. The summed E-state index contributed by atoms with van der Waals surface area (Å²) in [6.07, 6.45) is 7.78. The molecule has 0 aliphatic heterocycles. The summed E-state index contributed by atoms with van der Waals surface area (Å²) >= 11 is 0. The Labute approximate surface area is 233 Å². The largest absolute Gasteiger partial charge is 0.733 e. The molecule has 1 fully saturated rings. The maximum absolute atomic E-state index is 13.4. The molecule has 1 aliphatic carbocycles. The monoisotopic (exact) mass is 540 g/mol. The second-order valence-electron chi connectivity index (χ2n) is 11.0. The first-order valence-electron chi connectivity index (χ1n) is 13.6. The molecule has 0 unspecified atom stereocenters. The topological polar surface area (TPSA) is 123 Å². The summed E-state index contributed by atoms with van der Waals surface area (Å²) in [5, 5.41) is 26.5. The lowest BCUT2D eigenvalue weighted by Crippen LogP contribution is -2.52. The van der Waals surface area contributed by atoms with Crippen molar-refractivity contribution in [1.82, 2.24) is 14.9 Å². The minimum Gasteiger partial charge on any atom is -0.733 e. The van der Waals surface area contributed by atoms with Crippen molar-refractivity contribution in [1.29, 1.82) is 0 Å². The number of rotatable bonds is 7. The number of hydrogen-bond donors (Lipinski definition) is 3. The smallest absolute Gasteiger partial charge is 0.252 e. The standard InChI is InChI=1S/C31H34N5O4/c1-31(2,30(38)33-22-13-15-23(16-14-22)36(39)40)34-29(37)21-12-17-24-26(19-21)35(3)28(25-11-7-8-18-32-25)27(24)20-9-5-4-6-10-20/h7-8,11-20,39H,4-6,9-10H2,1-3H3,(H,33,38)(H,34,37)/q-1. The fourth-order valence-electron chi connectivity index (χ4n) is 5.60. The Morgan fingerprint density at radius 1 is 1.05 bits per heavy atom. The average Bonchev–Trinajstić information content (AvgIpc) is 3.25. The maximum Gasteiger partial charge on any atom is 0.252 e. The average molecular weight is 541 g/mol. The summed E-state index contributed by atoms with van der Waals surface area (Å²) in [5.41, 5.74) is 3.96. The second-order valence-corrected chi connectivity index (χ2v) is 11.0. The molecule has 1 aliphatic rings. The van der Waals surface area contributed by atoms with Crippen LogP contribution < -0.4 is 15.9 Å². The summed E-state index contributed by atoms with van der Waals surface area (Å²) < 4.78 is 2.13. The van der Waals surface area contributed by atoms with E-state index in [-0.39, 0.29) is 16.8 Å². The van der Waals surface area contributed by atoms with Gasteiger partial charge in [-0.15, -0.1) is 0 Å². The van der Waals surface area contributed by atoms with E-state index in [1.807, 2.05) is 49.6 Å². The molecular weight excluding hydrogens is 506 g/mol. The van der Waals surface area contributed by atoms with Crippen LogP contribution in [-0.4, -0.2) is 32.1 Å². The highest BCUT2D eigenvalue weighted by atomic mass is 16.8. The van der Waals surface area contributed by atoms with Crippen molar-refractivity contribution in [3.63, 3.8) is 0 Å². The van der Waals surface area contributed by atoms with E-state index in [0.29, 0.717) is 17.2 Å². The molecule has 9 nitrogen and oxygen atoms in total. The lowest BCUT2D eigenvalue weighted by molar-refractivity contribution is -0.120. The highest BCUT2D eigenvalue weighted by molar-refractivity contribution is 6.05. The van der Waals surface area contributed by atoms with Crippen molar-refractivity contribution >= 4 is 34.1 Å². The number of carbonyl (C=O) groups excluding carboxylic acids is 2. The Balaban J connectivity index is 1.42. The summed E-state index contributed by atoms with van der Waals surface area (Å²) in [4.78, 5) is 31.0. The molecule has 2 aromatic heterocycles. The Hall–Kier alpha value is -4.21. The summed E-state index contributed by atoms with van der Waals surface area (Å²) in [6, 6.07) is 17.4. The van der Waals surface area contributed by atoms with Crippen molar-refractivity contribution in [2.45, 2.75) is 57.4 Å². The third-order valence-electron chi connectivity index (χ3n) is 7.76. The number of aromatic nitrogens is 2. The lowest BCUT2D eigenvalue weighted by Gasteiger charge is -2.26. The Morgan fingerprint density at radius 2 is 1.77 bits per heavy atom. The molecular formula is C31H34N5O4-. The van der Waals surface area contributed by atoms with Crippen molar-refractivity contribution in [3.8, 4) is 11.4 Å². The van der Waals surface area contributed by atoms with Crippen LogP contribution in [0.1, 0.15) is 67.8 Å². The Kier molecular flexibility index (Phi) is 7.60. The Morgan fingerprint density at radius 3 is 2.42 bits per heavy atom. The molecule has 0 saturated heterocycles. The van der Waals surface area contributed by atoms with Crippen molar-refractivity contribution < 1.29 is 14.8 Å². The third-order valence-corrected chi connectivity index (χ3v) is 7.76. The van der Waals surface area contributed by atoms with Crippen LogP contribution in [0.4, 0.5) is 11.4 Å². The van der Waals surface area contributed by atoms with E-state index in [2.05, 4.69) is 20.2 Å². The predicted molar refractivity (Wildman–Crippen MR) is 156 cm³/mol. The molecule has 1 saturated carbocycles. The fourth-order valence-corrected chi connectivity index (χ4v) is 5.60. The minimum atomic E-state index is -1.23. The summed E-state index contributed by atoms with van der Waals surface area (Å²) in [5.74, 6) is -0.340. The molecule has 0 spiro atoms. The molecule has 3 N–H and O–H groups in total. The minimum absolute atomic E-state index is 0.0412. The van der Waals surface area contributed by atoms with Gasteiger partial charge in [0.15, 0.2) is 0 Å². The molecule has 9 heteroatoms. The van der Waals surface area contributed by atoms with E-state index in [9.17, 15) is 14.8 Å². The quantitative estimate of drug-likeness (QED) is 0.242. The first-order chi connectivity index (χ1) is 19.2. The van der Waals surface area contributed by atoms with Gasteiger partial charge in [-0.1, -0.05) is 31.4 Å². The SMILES string of the molecule is Cn1c(-c2ccccn2)c(C2CCCCC2)c2ccc(C(=O)NC(C)(C)C(=O)Nc3ccc(N([O-])O)cc3)cc21. The van der Waals surface area contributed by atoms with Gasteiger partial charge in [0.1, 0.15) is 5.54 Å². The van der Waals surface area contributed by atoms with Crippen molar-refractivity contribution in [2.24, 2.45) is 7.05 Å². The van der Waals surface area contributed by atoms with Crippen molar-refractivity contribution in [3.05, 3.63) is 83.2 Å². The van der Waals surface area contributed by atoms with Crippen LogP contribution in [0.25, 0.3) is 22.3 Å². The second kappa shape index (κ2) is 11.1. The number of hydrogen-bond acceptors (Lipinski definition) is 6. The molecule has 4 aromatic rings. The van der Waals surface area contributed by atoms with Gasteiger partial charge >= 0.3 is 0 Å². The number of benzene rings is 2. The fraction of sp³-hybridized carbons (Fsp3) is 0.323. The molecule has 5 rings (SSSR count). The molecule has 0 radical (unpaired) electrons. The van der Waals surface area contributed by atoms with Gasteiger partial charge in [0.25, 0.3) is 5.91 Å². The highest BCUT2D eigenvalue weighted by Crippen LogP contribution is 2.43. The van der Waals surface area contributed by atoms with Crippen molar-refractivity contribution in [2.75, 3.05) is 10.5 Å². The van der Waals surface area contributed by atoms with E-state index in [4.69, 9.17) is 5.21 Å². The highest BCUT2D eigenvalue weighted by Gasteiger charge is 2.31. The van der Waals surface area contributed by atoms with E-state index in [1.54, 1.807) is 13.8 Å². The zero-order chi connectivity index (χ0) is 28.4. The van der Waals surface area contributed by atoms with Crippen LogP contribution in [-0.2, 0) is 11.8 Å². The van der Waals surface area contributed by atoms with Gasteiger partial charge in [0.2, 0.25) is 5.91 Å². The summed E-state index contributed by atoms with van der Waals surface area (Å²) in [7, 11) is 2.02. The molecule has 2 amide bonds. The molecule has 2 aromatic carbocycles. The van der Waals surface area contributed by atoms with Gasteiger partial charge in [-0.05, 0) is 86.7 Å². The van der Waals surface area contributed by atoms with Crippen LogP contribution in [0.2, 0.25) is 0 Å². The molecule has 0 atom stereocenters. The number of carbonyl (C=O) groups is 2. The van der Waals surface area contributed by atoms with E-state index >= 15 is 0 Å². The molecule has 40 heavy (non-hydrogen) atoms. The number of amides is 2. The van der Waals surface area contributed by atoms with E-state index in [1.165, 1.54) is 49.1 Å². The van der Waals surface area contributed by atoms with Gasteiger partial charge in [0, 0.05) is 35.4 Å². The van der Waals surface area contributed by atoms with Gasteiger partial charge in [-0.3, -0.25) is 19.8 Å². The first kappa shape index (κ1) is 27.4. The molecule has 0 bridgehead atoms. The number of pyridine rings is 1. The van der Waals surface area contributed by atoms with Crippen LogP contribution in [0.3, 0.4) is 0 Å². The predicted octanol–water partition coefficient (Wildman–Crippen LogP) is 6.13. The van der Waals surface area contributed by atoms with Gasteiger partial charge < -0.3 is 25.6 Å². The molecule has 208 valence electrons. The first-order valence-corrected chi connectivity index (χ1v) is 13.6. The lowest BCUT2D eigenvalue weighted by atomic mass is 9.82. The van der Waals surface area contributed by atoms with Gasteiger partial charge in [-0.25, -0.2) is 0 Å². The van der Waals surface area contributed by atoms with E-state index < -0.39 is 11.4 Å². The maximum atomic E-state index is 13.4. The summed E-state index contributed by atoms with van der Waals surface area (Å²) in [6.45, 7) is 3.26. The van der Waals surface area contributed by atoms with Crippen LogP contribution in [0, 0.1) is 5.21 Å². The zero-order valence-corrected chi connectivity index (χ0v) is 23.0. The number of nitrogens with zero attached hydrogens (tertiary/aromatic N) is 3. The number of aryl methyl sites for hydroxylation is 1. The van der Waals surface area contributed by atoms with Gasteiger partial charge in [0.05, 0.1) is 17.1 Å². The molecule has 2 heterocycles.